The molecule has 1 atom stereocenters. The third-order valence-electron chi connectivity index (χ3n) is 8.72. The van der Waals surface area contributed by atoms with Crippen LogP contribution in [0.3, 0.4) is 0 Å². The number of fused-ring (bicyclic) bond motifs is 4. The number of benzene rings is 4. The van der Waals surface area contributed by atoms with Gasteiger partial charge >= 0.3 is 0 Å². The molecule has 6 heteroatoms. The van der Waals surface area contributed by atoms with Crippen molar-refractivity contribution in [2.45, 2.75) is 25.8 Å². The number of H-pyrrole nitrogens is 1. The van der Waals surface area contributed by atoms with Crippen molar-refractivity contribution in [3.63, 3.8) is 0 Å². The maximum atomic E-state index is 14.4. The largest absolute Gasteiger partial charge is 0.497 e. The number of aromatic nitrogens is 2. The highest BCUT2D eigenvalue weighted by molar-refractivity contribution is 7.07. The van der Waals surface area contributed by atoms with Crippen molar-refractivity contribution in [3.8, 4) is 17.0 Å². The molecule has 0 saturated heterocycles. The fourth-order valence-electron chi connectivity index (χ4n) is 6.61. The Kier molecular flexibility index (Phi) is 6.05. The first-order valence-electron chi connectivity index (χ1n) is 14.5. The lowest BCUT2D eigenvalue weighted by atomic mass is 9.83. The Hall–Kier alpha value is -4.94. The van der Waals surface area contributed by atoms with E-state index in [1.807, 2.05) is 34.9 Å². The minimum Gasteiger partial charge on any atom is -0.497 e. The zero-order valence-corrected chi connectivity index (χ0v) is 24.7. The maximum absolute atomic E-state index is 14.4. The zero-order valence-electron chi connectivity index (χ0n) is 23.9. The molecule has 0 fully saturated rings. The number of allylic oxidation sites excluding steroid dienone is 1. The summed E-state index contributed by atoms with van der Waals surface area (Å²) in [5, 5.41) is 1.10. The third-order valence-corrected chi connectivity index (χ3v) is 9.71. The molecular weight excluding hydrogens is 550 g/mol. The van der Waals surface area contributed by atoms with Crippen LogP contribution in [-0.4, -0.2) is 16.7 Å². The minimum absolute atomic E-state index is 0.0176. The van der Waals surface area contributed by atoms with Crippen LogP contribution in [0.2, 0.25) is 0 Å². The lowest BCUT2D eigenvalue weighted by Gasteiger charge is -2.30. The lowest BCUT2D eigenvalue weighted by Crippen LogP contribution is -2.38. The molecule has 3 heterocycles. The number of nitrogens with zero attached hydrogens (tertiary/aromatic N) is 2. The molecule has 0 saturated carbocycles. The van der Waals surface area contributed by atoms with Crippen LogP contribution in [0.5, 0.6) is 5.75 Å². The van der Waals surface area contributed by atoms with Gasteiger partial charge in [0, 0.05) is 22.0 Å². The van der Waals surface area contributed by atoms with Crippen LogP contribution in [0.25, 0.3) is 33.9 Å². The van der Waals surface area contributed by atoms with E-state index in [4.69, 9.17) is 9.73 Å². The van der Waals surface area contributed by atoms with Crippen molar-refractivity contribution in [2.75, 3.05) is 7.11 Å². The molecule has 1 aliphatic carbocycles. The topological polar surface area (TPSA) is 59.4 Å². The molecular formula is C37H29N3O2S. The SMILES string of the molecule is COc1ccc([C@@H]2C3=C(N=c4s/c(=C/c5c(-c6ccccc6)[nH]c6c(C)cccc56)c(=O)n42)c2ccccc2CC3)cc1. The number of methoxy groups -OCH3 is 1. The molecule has 8 rings (SSSR count). The summed E-state index contributed by atoms with van der Waals surface area (Å²) in [7, 11) is 1.67. The van der Waals surface area contributed by atoms with E-state index in [2.05, 4.69) is 84.7 Å². The molecule has 2 aliphatic rings. The van der Waals surface area contributed by atoms with Crippen molar-refractivity contribution >= 4 is 34.0 Å². The summed E-state index contributed by atoms with van der Waals surface area (Å²) in [5.41, 5.74) is 11.1. The van der Waals surface area contributed by atoms with Gasteiger partial charge in [0.25, 0.3) is 5.56 Å². The molecule has 43 heavy (non-hydrogen) atoms. The maximum Gasteiger partial charge on any atom is 0.271 e. The summed E-state index contributed by atoms with van der Waals surface area (Å²) in [6.45, 7) is 2.11. The van der Waals surface area contributed by atoms with Gasteiger partial charge in [0.2, 0.25) is 0 Å². The molecule has 0 amide bonds. The number of rotatable bonds is 4. The van der Waals surface area contributed by atoms with Gasteiger partial charge in [0.1, 0.15) is 5.75 Å². The number of nitrogens with one attached hydrogen (secondary N) is 1. The van der Waals surface area contributed by atoms with E-state index in [0.29, 0.717) is 4.53 Å². The summed E-state index contributed by atoms with van der Waals surface area (Å²) >= 11 is 1.47. The summed E-state index contributed by atoms with van der Waals surface area (Å²) in [4.78, 5) is 24.0. The molecule has 0 bridgehead atoms. The van der Waals surface area contributed by atoms with E-state index in [1.165, 1.54) is 33.6 Å². The van der Waals surface area contributed by atoms with Crippen molar-refractivity contribution in [3.05, 3.63) is 150 Å². The fourth-order valence-corrected chi connectivity index (χ4v) is 7.59. The molecule has 210 valence electrons. The minimum atomic E-state index is -0.230. The quantitative estimate of drug-likeness (QED) is 0.250. The number of hydrogen-bond donors (Lipinski definition) is 1. The Bertz CT molecular complexity index is 2250. The van der Waals surface area contributed by atoms with Crippen molar-refractivity contribution in [1.29, 1.82) is 0 Å². The molecule has 6 aromatic rings. The summed E-state index contributed by atoms with van der Waals surface area (Å²) < 4.78 is 8.03. The molecule has 1 aliphatic heterocycles. The monoisotopic (exact) mass is 579 g/mol. The second-order valence-corrected chi connectivity index (χ2v) is 12.2. The highest BCUT2D eigenvalue weighted by Gasteiger charge is 2.32. The van der Waals surface area contributed by atoms with Gasteiger partial charge in [-0.2, -0.15) is 0 Å². The summed E-state index contributed by atoms with van der Waals surface area (Å²) in [6, 6.07) is 33.0. The van der Waals surface area contributed by atoms with Gasteiger partial charge in [-0.05, 0) is 65.8 Å². The van der Waals surface area contributed by atoms with Crippen LogP contribution >= 0.6 is 11.3 Å². The van der Waals surface area contributed by atoms with E-state index < -0.39 is 0 Å². The number of hydrogen-bond acceptors (Lipinski definition) is 4. The van der Waals surface area contributed by atoms with Crippen LogP contribution < -0.4 is 19.6 Å². The zero-order chi connectivity index (χ0) is 29.1. The van der Waals surface area contributed by atoms with Gasteiger partial charge < -0.3 is 9.72 Å². The Morgan fingerprint density at radius 3 is 2.53 bits per heavy atom. The Balaban J connectivity index is 1.40. The first-order chi connectivity index (χ1) is 21.1. The van der Waals surface area contributed by atoms with Gasteiger partial charge in [0.15, 0.2) is 4.80 Å². The highest BCUT2D eigenvalue weighted by atomic mass is 32.1. The van der Waals surface area contributed by atoms with Crippen LogP contribution in [0.1, 0.15) is 40.3 Å². The van der Waals surface area contributed by atoms with E-state index >= 15 is 0 Å². The smallest absolute Gasteiger partial charge is 0.271 e. The lowest BCUT2D eigenvalue weighted by molar-refractivity contribution is 0.414. The van der Waals surface area contributed by atoms with E-state index in [0.717, 1.165) is 62.4 Å². The van der Waals surface area contributed by atoms with E-state index in [1.54, 1.807) is 7.11 Å². The second kappa shape index (κ2) is 10.1. The van der Waals surface area contributed by atoms with Gasteiger partial charge in [-0.1, -0.05) is 96.3 Å². The predicted octanol–water partition coefficient (Wildman–Crippen LogP) is 6.78. The average Bonchev–Trinajstić information content (AvgIpc) is 3.58. The van der Waals surface area contributed by atoms with Crippen LogP contribution in [-0.2, 0) is 6.42 Å². The number of aromatic amines is 1. The molecule has 5 nitrogen and oxygen atoms in total. The van der Waals surface area contributed by atoms with Crippen molar-refractivity contribution < 1.29 is 4.74 Å². The van der Waals surface area contributed by atoms with Crippen LogP contribution in [0, 0.1) is 6.92 Å². The first kappa shape index (κ1) is 25.7. The summed E-state index contributed by atoms with van der Waals surface area (Å²) in [6.07, 6.45) is 3.85. The van der Waals surface area contributed by atoms with Crippen molar-refractivity contribution in [1.82, 2.24) is 9.55 Å². The first-order valence-corrected chi connectivity index (χ1v) is 15.4. The fraction of sp³-hybridized carbons (Fsp3) is 0.135. The Morgan fingerprint density at radius 2 is 1.72 bits per heavy atom. The standard InChI is InChI=1S/C37H29N3O2S/c1-22-9-8-14-28-30(33(38-32(22)28)24-11-4-3-5-12-24)21-31-36(41)40-35(25-15-18-26(42-2)19-16-25)29-20-17-23-10-6-7-13-27(23)34(29)39-37(40)43-31/h3-16,18-19,21,35,38H,17,20H2,1-2H3/b31-21+/t35-/m1/s1. The van der Waals surface area contributed by atoms with Gasteiger partial charge in [-0.15, -0.1) is 0 Å². The number of aryl methyl sites for hydroxylation is 2. The molecule has 2 aromatic heterocycles. The van der Waals surface area contributed by atoms with Crippen LogP contribution in [0.15, 0.2) is 112 Å². The molecule has 0 unspecified atom stereocenters. The Morgan fingerprint density at radius 1 is 0.930 bits per heavy atom. The number of ether oxygens (including phenoxy) is 1. The van der Waals surface area contributed by atoms with E-state index in [9.17, 15) is 4.79 Å². The van der Waals surface area contributed by atoms with Crippen LogP contribution in [0.4, 0.5) is 0 Å². The highest BCUT2D eigenvalue weighted by Crippen LogP contribution is 2.41. The molecule has 0 radical (unpaired) electrons. The van der Waals surface area contributed by atoms with Crippen molar-refractivity contribution in [2.24, 2.45) is 4.99 Å². The molecule has 0 spiro atoms. The predicted molar refractivity (Wildman–Crippen MR) is 174 cm³/mol. The summed E-state index contributed by atoms with van der Waals surface area (Å²) in [5.74, 6) is 0.794. The second-order valence-electron chi connectivity index (χ2n) is 11.2. The molecule has 4 aromatic carbocycles. The number of thiazole rings is 1. The molecule has 1 N–H and O–H groups in total. The number of para-hydroxylation sites is 1. The van der Waals surface area contributed by atoms with E-state index in [-0.39, 0.29) is 11.6 Å². The Labute approximate surface area is 252 Å². The van der Waals surface area contributed by atoms with Gasteiger partial charge in [-0.25, -0.2) is 4.99 Å². The van der Waals surface area contributed by atoms with Gasteiger partial charge in [-0.3, -0.25) is 9.36 Å². The normalized spacial score (nSPS) is 16.0. The average molecular weight is 580 g/mol. The third kappa shape index (κ3) is 4.13. The van der Waals surface area contributed by atoms with Gasteiger partial charge in [0.05, 0.1) is 29.1 Å².